The molecule has 0 aliphatic heterocycles. The van der Waals surface area contributed by atoms with E-state index in [0.717, 1.165) is 6.54 Å². The lowest BCUT2D eigenvalue weighted by molar-refractivity contribution is -0.144. The molecule has 0 atom stereocenters. The molecule has 0 radical (unpaired) electrons. The van der Waals surface area contributed by atoms with Gasteiger partial charge in [0.05, 0.1) is 19.7 Å². The number of ether oxygens (including phenoxy) is 1. The van der Waals surface area contributed by atoms with E-state index in [-0.39, 0.29) is 25.0 Å². The Kier molecular flexibility index (Phi) is 6.43. The summed E-state index contributed by atoms with van der Waals surface area (Å²) in [5.74, 6) is 0.300. The van der Waals surface area contributed by atoms with Gasteiger partial charge in [0.15, 0.2) is 0 Å². The second-order valence-electron chi connectivity index (χ2n) is 4.51. The Labute approximate surface area is 108 Å². The molecule has 0 saturated heterocycles. The molecule has 0 unspecified atom stereocenters. The van der Waals surface area contributed by atoms with E-state index in [4.69, 9.17) is 4.74 Å². The van der Waals surface area contributed by atoms with Crippen molar-refractivity contribution in [3.05, 3.63) is 12.7 Å². The largest absolute Gasteiger partial charge is 0.465 e. The SMILES string of the molecule is C=CCN(CC(=O)NCC1CC1)CC(=O)OCC. The highest BCUT2D eigenvalue weighted by molar-refractivity contribution is 5.79. The number of hydrogen-bond donors (Lipinski definition) is 1. The minimum atomic E-state index is -0.311. The van der Waals surface area contributed by atoms with E-state index in [2.05, 4.69) is 11.9 Å². The van der Waals surface area contributed by atoms with Gasteiger partial charge in [-0.1, -0.05) is 6.08 Å². The molecule has 0 heterocycles. The number of hydrogen-bond acceptors (Lipinski definition) is 4. The van der Waals surface area contributed by atoms with E-state index in [0.29, 0.717) is 19.1 Å². The average Bonchev–Trinajstić information content (AvgIpc) is 3.10. The number of amides is 1. The summed E-state index contributed by atoms with van der Waals surface area (Å²) in [5, 5.41) is 2.87. The zero-order valence-corrected chi connectivity index (χ0v) is 11.0. The van der Waals surface area contributed by atoms with Crippen molar-refractivity contribution in [2.24, 2.45) is 5.92 Å². The lowest BCUT2D eigenvalue weighted by Crippen LogP contribution is -2.40. The van der Waals surface area contributed by atoms with E-state index in [1.54, 1.807) is 17.9 Å². The third-order valence-electron chi connectivity index (χ3n) is 2.70. The van der Waals surface area contributed by atoms with Crippen molar-refractivity contribution in [2.75, 3.05) is 32.8 Å². The van der Waals surface area contributed by atoms with Gasteiger partial charge in [0.25, 0.3) is 0 Å². The van der Waals surface area contributed by atoms with Crippen molar-refractivity contribution >= 4 is 11.9 Å². The molecule has 0 bridgehead atoms. The third kappa shape index (κ3) is 6.39. The van der Waals surface area contributed by atoms with Gasteiger partial charge in [-0.05, 0) is 25.7 Å². The van der Waals surface area contributed by atoms with Gasteiger partial charge in [0.2, 0.25) is 5.91 Å². The minimum Gasteiger partial charge on any atom is -0.465 e. The monoisotopic (exact) mass is 254 g/mol. The normalized spacial score (nSPS) is 14.3. The Hall–Kier alpha value is -1.36. The Morgan fingerprint density at radius 2 is 2.17 bits per heavy atom. The maximum Gasteiger partial charge on any atom is 0.320 e. The summed E-state index contributed by atoms with van der Waals surface area (Å²) in [4.78, 5) is 24.7. The second kappa shape index (κ2) is 7.87. The summed E-state index contributed by atoms with van der Waals surface area (Å²) in [5.41, 5.74) is 0. The van der Waals surface area contributed by atoms with Crippen molar-refractivity contribution in [2.45, 2.75) is 19.8 Å². The van der Waals surface area contributed by atoms with Crippen LogP contribution in [0.4, 0.5) is 0 Å². The molecule has 1 rings (SSSR count). The molecule has 5 heteroatoms. The Bertz CT molecular complexity index is 301. The van der Waals surface area contributed by atoms with Crippen LogP contribution in [0.2, 0.25) is 0 Å². The molecular weight excluding hydrogens is 232 g/mol. The van der Waals surface area contributed by atoms with E-state index in [9.17, 15) is 9.59 Å². The van der Waals surface area contributed by atoms with Crippen LogP contribution >= 0.6 is 0 Å². The number of carbonyl (C=O) groups excluding carboxylic acids is 2. The van der Waals surface area contributed by atoms with Crippen molar-refractivity contribution < 1.29 is 14.3 Å². The van der Waals surface area contributed by atoms with Crippen LogP contribution in [-0.4, -0.2) is 49.6 Å². The van der Waals surface area contributed by atoms with Crippen LogP contribution in [0.1, 0.15) is 19.8 Å². The molecule has 0 aromatic rings. The smallest absolute Gasteiger partial charge is 0.320 e. The van der Waals surface area contributed by atoms with Crippen molar-refractivity contribution in [3.63, 3.8) is 0 Å². The summed E-state index contributed by atoms with van der Waals surface area (Å²) < 4.78 is 4.86. The summed E-state index contributed by atoms with van der Waals surface area (Å²) in [6.07, 6.45) is 4.09. The lowest BCUT2D eigenvalue weighted by atomic mass is 10.4. The number of rotatable bonds is 9. The van der Waals surface area contributed by atoms with Crippen LogP contribution in [-0.2, 0) is 14.3 Å². The zero-order chi connectivity index (χ0) is 13.4. The van der Waals surface area contributed by atoms with Crippen molar-refractivity contribution in [1.82, 2.24) is 10.2 Å². The Balaban J connectivity index is 2.27. The van der Waals surface area contributed by atoms with Gasteiger partial charge >= 0.3 is 5.97 Å². The van der Waals surface area contributed by atoms with Crippen LogP contribution < -0.4 is 5.32 Å². The van der Waals surface area contributed by atoms with Gasteiger partial charge in [-0.2, -0.15) is 0 Å². The molecule has 0 aromatic carbocycles. The molecule has 1 aliphatic carbocycles. The molecule has 0 spiro atoms. The molecule has 1 amide bonds. The van der Waals surface area contributed by atoms with Crippen molar-refractivity contribution in [3.8, 4) is 0 Å². The standard InChI is InChI=1S/C13H22N2O3/c1-3-7-15(10-13(17)18-4-2)9-12(16)14-8-11-5-6-11/h3,11H,1,4-10H2,2H3,(H,14,16). The predicted molar refractivity (Wildman–Crippen MR) is 69.0 cm³/mol. The lowest BCUT2D eigenvalue weighted by Gasteiger charge is -2.18. The highest BCUT2D eigenvalue weighted by Gasteiger charge is 2.22. The molecular formula is C13H22N2O3. The Morgan fingerprint density at radius 3 is 2.72 bits per heavy atom. The zero-order valence-electron chi connectivity index (χ0n) is 11.0. The summed E-state index contributed by atoms with van der Waals surface area (Å²) >= 11 is 0. The minimum absolute atomic E-state index is 0.0481. The molecule has 1 fully saturated rings. The fourth-order valence-electron chi connectivity index (χ4n) is 1.60. The van der Waals surface area contributed by atoms with Crippen LogP contribution in [0.25, 0.3) is 0 Å². The van der Waals surface area contributed by atoms with Gasteiger partial charge < -0.3 is 10.1 Å². The molecule has 1 N–H and O–H groups in total. The van der Waals surface area contributed by atoms with E-state index >= 15 is 0 Å². The third-order valence-corrected chi connectivity index (χ3v) is 2.70. The highest BCUT2D eigenvalue weighted by atomic mass is 16.5. The number of nitrogens with one attached hydrogen (secondary N) is 1. The fraction of sp³-hybridized carbons (Fsp3) is 0.692. The summed E-state index contributed by atoms with van der Waals surface area (Å²) in [6, 6.07) is 0. The van der Waals surface area contributed by atoms with Crippen molar-refractivity contribution in [1.29, 1.82) is 0 Å². The first kappa shape index (κ1) is 14.7. The maximum absolute atomic E-state index is 11.7. The van der Waals surface area contributed by atoms with Crippen LogP contribution in [0, 0.1) is 5.92 Å². The van der Waals surface area contributed by atoms with E-state index in [1.165, 1.54) is 12.8 Å². The fourth-order valence-corrected chi connectivity index (χ4v) is 1.60. The molecule has 1 saturated carbocycles. The maximum atomic E-state index is 11.7. The number of esters is 1. The predicted octanol–water partition coefficient (Wildman–Crippen LogP) is 0.564. The highest BCUT2D eigenvalue weighted by Crippen LogP contribution is 2.27. The van der Waals surface area contributed by atoms with Gasteiger partial charge in [-0.15, -0.1) is 6.58 Å². The summed E-state index contributed by atoms with van der Waals surface area (Å²) in [6.45, 7) is 7.31. The molecule has 18 heavy (non-hydrogen) atoms. The van der Waals surface area contributed by atoms with Gasteiger partial charge in [-0.25, -0.2) is 0 Å². The average molecular weight is 254 g/mol. The summed E-state index contributed by atoms with van der Waals surface area (Å²) in [7, 11) is 0. The molecule has 0 aromatic heterocycles. The van der Waals surface area contributed by atoms with Gasteiger partial charge in [-0.3, -0.25) is 14.5 Å². The van der Waals surface area contributed by atoms with E-state index < -0.39 is 0 Å². The second-order valence-corrected chi connectivity index (χ2v) is 4.51. The van der Waals surface area contributed by atoms with Gasteiger partial charge in [0.1, 0.15) is 0 Å². The van der Waals surface area contributed by atoms with Crippen LogP contribution in [0.15, 0.2) is 12.7 Å². The number of nitrogens with zero attached hydrogens (tertiary/aromatic N) is 1. The molecule has 1 aliphatic rings. The first-order valence-corrected chi connectivity index (χ1v) is 6.41. The Morgan fingerprint density at radius 1 is 1.44 bits per heavy atom. The van der Waals surface area contributed by atoms with Crippen LogP contribution in [0.3, 0.4) is 0 Å². The van der Waals surface area contributed by atoms with E-state index in [1.807, 2.05) is 0 Å². The molecule has 102 valence electrons. The number of carbonyl (C=O) groups is 2. The quantitative estimate of drug-likeness (QED) is 0.482. The van der Waals surface area contributed by atoms with Crippen LogP contribution in [0.5, 0.6) is 0 Å². The first-order chi connectivity index (χ1) is 8.65. The topological polar surface area (TPSA) is 58.6 Å². The first-order valence-electron chi connectivity index (χ1n) is 6.41. The molecule has 5 nitrogen and oxygen atoms in total. The van der Waals surface area contributed by atoms with Gasteiger partial charge in [0, 0.05) is 13.1 Å².